The molecule has 0 aliphatic carbocycles. The summed E-state index contributed by atoms with van der Waals surface area (Å²) in [5.41, 5.74) is 11.9. The summed E-state index contributed by atoms with van der Waals surface area (Å²) < 4.78 is 0. The molecule has 0 fully saturated rings. The number of nitrogens with zero attached hydrogens (tertiary/aromatic N) is 2. The number of hydrogen-bond donors (Lipinski definition) is 2. The van der Waals surface area contributed by atoms with E-state index in [-0.39, 0.29) is 0 Å². The second-order valence-electron chi connectivity index (χ2n) is 6.19. The summed E-state index contributed by atoms with van der Waals surface area (Å²) in [5.74, 6) is 0.594. The molecule has 0 bridgehead atoms. The van der Waals surface area contributed by atoms with E-state index >= 15 is 0 Å². The lowest BCUT2D eigenvalue weighted by Gasteiger charge is -2.19. The van der Waals surface area contributed by atoms with Crippen molar-refractivity contribution < 1.29 is 0 Å². The molecule has 0 saturated carbocycles. The Morgan fingerprint density at radius 1 is 1.17 bits per heavy atom. The lowest BCUT2D eigenvalue weighted by molar-refractivity contribution is 0.930. The predicted molar refractivity (Wildman–Crippen MR) is 105 cm³/mol. The molecule has 128 valence electrons. The maximum absolute atomic E-state index is 6.15. The lowest BCUT2D eigenvalue weighted by atomic mass is 10.1. The molecule has 4 heteroatoms. The third kappa shape index (κ3) is 4.51. The summed E-state index contributed by atoms with van der Waals surface area (Å²) >= 11 is 0. The summed E-state index contributed by atoms with van der Waals surface area (Å²) in [7, 11) is 4.13. The van der Waals surface area contributed by atoms with Gasteiger partial charge in [-0.05, 0) is 37.1 Å². The van der Waals surface area contributed by atoms with Gasteiger partial charge in [0.2, 0.25) is 0 Å². The van der Waals surface area contributed by atoms with Crippen LogP contribution in [0.2, 0.25) is 0 Å². The summed E-state index contributed by atoms with van der Waals surface area (Å²) in [5, 5.41) is 3.52. The molecule has 0 aliphatic heterocycles. The third-order valence-corrected chi connectivity index (χ3v) is 3.89. The topological polar surface area (TPSA) is 53.6 Å². The van der Waals surface area contributed by atoms with Gasteiger partial charge in [-0.15, -0.1) is 0 Å². The van der Waals surface area contributed by atoms with Gasteiger partial charge < -0.3 is 16.0 Å². The predicted octanol–water partition coefficient (Wildman–Crippen LogP) is 3.79. The molecule has 2 aromatic rings. The molecule has 24 heavy (non-hydrogen) atoms. The minimum absolute atomic E-state index is 0.594. The Morgan fingerprint density at radius 3 is 2.62 bits per heavy atom. The second kappa shape index (κ2) is 8.39. The van der Waals surface area contributed by atoms with Crippen LogP contribution >= 0.6 is 0 Å². The lowest BCUT2D eigenvalue weighted by Crippen LogP contribution is -2.17. The van der Waals surface area contributed by atoms with Crippen molar-refractivity contribution in [2.75, 3.05) is 30.9 Å². The number of amidine groups is 1. The number of nitrogens with one attached hydrogen (secondary N) is 1. The van der Waals surface area contributed by atoms with E-state index in [1.165, 1.54) is 16.8 Å². The molecule has 0 radical (unpaired) electrons. The molecule has 0 atom stereocenters. The number of nitrogens with two attached hydrogens (primary N) is 1. The zero-order valence-corrected chi connectivity index (χ0v) is 15.1. The fraction of sp³-hybridized carbons (Fsp3) is 0.350. The van der Waals surface area contributed by atoms with E-state index < -0.39 is 0 Å². The second-order valence-corrected chi connectivity index (χ2v) is 6.19. The summed E-state index contributed by atoms with van der Waals surface area (Å²) in [4.78, 5) is 6.57. The van der Waals surface area contributed by atoms with Crippen LogP contribution in [0, 0.1) is 6.92 Å². The number of aryl methyl sites for hydroxylation is 1. The van der Waals surface area contributed by atoms with E-state index in [9.17, 15) is 0 Å². The summed E-state index contributed by atoms with van der Waals surface area (Å²) in [6.45, 7) is 5.71. The van der Waals surface area contributed by atoms with Crippen molar-refractivity contribution in [3.05, 3.63) is 59.2 Å². The van der Waals surface area contributed by atoms with Crippen LogP contribution in [0.5, 0.6) is 0 Å². The highest BCUT2D eigenvalue weighted by atomic mass is 15.1. The molecule has 0 aliphatic rings. The fourth-order valence-corrected chi connectivity index (χ4v) is 2.66. The Hall–Kier alpha value is -2.49. The van der Waals surface area contributed by atoms with Crippen LogP contribution in [0.1, 0.15) is 30.0 Å². The average molecular weight is 324 g/mol. The van der Waals surface area contributed by atoms with E-state index in [0.717, 1.165) is 30.8 Å². The number of aliphatic imine (C=N–C) groups is 1. The Balaban J connectivity index is 2.23. The molecule has 3 N–H and O–H groups in total. The summed E-state index contributed by atoms with van der Waals surface area (Å²) in [6.07, 6.45) is 0.992. The van der Waals surface area contributed by atoms with E-state index in [0.29, 0.717) is 5.84 Å². The normalized spacial score (nSPS) is 11.4. The fourth-order valence-electron chi connectivity index (χ4n) is 2.66. The van der Waals surface area contributed by atoms with Gasteiger partial charge in [-0.2, -0.15) is 0 Å². The quantitative estimate of drug-likeness (QED) is 0.602. The van der Waals surface area contributed by atoms with E-state index in [4.69, 9.17) is 5.73 Å². The molecule has 0 amide bonds. The smallest absolute Gasteiger partial charge is 0.127 e. The molecule has 0 heterocycles. The number of hydrogen-bond acceptors (Lipinski definition) is 3. The van der Waals surface area contributed by atoms with Crippen molar-refractivity contribution in [3.8, 4) is 0 Å². The first-order valence-electron chi connectivity index (χ1n) is 8.43. The number of benzene rings is 2. The Morgan fingerprint density at radius 2 is 1.92 bits per heavy atom. The standard InChI is InChI=1S/C20H28N4/c1-5-12-22-20(21)17-8-6-7-9-18(17)23-14-16-13-15(2)10-11-19(16)24(3)4/h6-11,13,23H,5,12,14H2,1-4H3,(H2,21,22). The molecule has 0 aromatic heterocycles. The van der Waals surface area contributed by atoms with Crippen LogP contribution in [0.15, 0.2) is 47.5 Å². The monoisotopic (exact) mass is 324 g/mol. The van der Waals surface area contributed by atoms with Crippen LogP contribution < -0.4 is 16.0 Å². The molecule has 0 unspecified atom stereocenters. The number of rotatable bonds is 7. The van der Waals surface area contributed by atoms with Gasteiger partial charge in [0.1, 0.15) is 5.84 Å². The van der Waals surface area contributed by atoms with Gasteiger partial charge in [-0.25, -0.2) is 0 Å². The molecular formula is C20H28N4. The van der Waals surface area contributed by atoms with Crippen molar-refractivity contribution in [2.24, 2.45) is 10.7 Å². The van der Waals surface area contributed by atoms with Gasteiger partial charge in [0.25, 0.3) is 0 Å². The Kier molecular flexibility index (Phi) is 6.24. The van der Waals surface area contributed by atoms with Gasteiger partial charge in [0, 0.05) is 44.1 Å². The molecular weight excluding hydrogens is 296 g/mol. The molecule has 0 saturated heterocycles. The third-order valence-electron chi connectivity index (χ3n) is 3.89. The zero-order valence-electron chi connectivity index (χ0n) is 15.1. The van der Waals surface area contributed by atoms with Gasteiger partial charge in [-0.3, -0.25) is 4.99 Å². The molecule has 2 rings (SSSR count). The molecule has 2 aromatic carbocycles. The minimum Gasteiger partial charge on any atom is -0.383 e. The molecule has 4 nitrogen and oxygen atoms in total. The van der Waals surface area contributed by atoms with Crippen LogP contribution in [-0.2, 0) is 6.54 Å². The summed E-state index contributed by atoms with van der Waals surface area (Å²) in [6, 6.07) is 14.6. The SMILES string of the molecule is CCCN=C(N)c1ccccc1NCc1cc(C)ccc1N(C)C. The van der Waals surface area contributed by atoms with Gasteiger partial charge in [-0.1, -0.05) is 36.8 Å². The van der Waals surface area contributed by atoms with Gasteiger partial charge >= 0.3 is 0 Å². The Bertz CT molecular complexity index is 705. The maximum Gasteiger partial charge on any atom is 0.127 e. The van der Waals surface area contributed by atoms with Crippen LogP contribution in [-0.4, -0.2) is 26.5 Å². The van der Waals surface area contributed by atoms with Gasteiger partial charge in [0.05, 0.1) is 0 Å². The highest BCUT2D eigenvalue weighted by Crippen LogP contribution is 2.22. The zero-order chi connectivity index (χ0) is 17.5. The van der Waals surface area contributed by atoms with Crippen LogP contribution in [0.4, 0.5) is 11.4 Å². The minimum atomic E-state index is 0.594. The number of anilines is 2. The number of para-hydroxylation sites is 1. The highest BCUT2D eigenvalue weighted by Gasteiger charge is 2.08. The average Bonchev–Trinajstić information content (AvgIpc) is 2.57. The molecule has 0 spiro atoms. The maximum atomic E-state index is 6.15. The van der Waals surface area contributed by atoms with Gasteiger partial charge in [0.15, 0.2) is 0 Å². The van der Waals surface area contributed by atoms with Crippen molar-refractivity contribution >= 4 is 17.2 Å². The van der Waals surface area contributed by atoms with Crippen LogP contribution in [0.3, 0.4) is 0 Å². The first-order chi connectivity index (χ1) is 11.5. The largest absolute Gasteiger partial charge is 0.383 e. The van der Waals surface area contributed by atoms with E-state index in [1.807, 2.05) is 18.2 Å². The first kappa shape index (κ1) is 17.9. The van der Waals surface area contributed by atoms with Crippen molar-refractivity contribution in [3.63, 3.8) is 0 Å². The van der Waals surface area contributed by atoms with Crippen molar-refractivity contribution in [2.45, 2.75) is 26.8 Å². The van der Waals surface area contributed by atoms with Crippen LogP contribution in [0.25, 0.3) is 0 Å². The van der Waals surface area contributed by atoms with Crippen molar-refractivity contribution in [1.82, 2.24) is 0 Å². The van der Waals surface area contributed by atoms with E-state index in [1.54, 1.807) is 0 Å². The highest BCUT2D eigenvalue weighted by molar-refractivity contribution is 6.02. The first-order valence-corrected chi connectivity index (χ1v) is 8.43. The van der Waals surface area contributed by atoms with E-state index in [2.05, 4.69) is 67.4 Å². The Labute approximate surface area is 145 Å². The van der Waals surface area contributed by atoms with Crippen molar-refractivity contribution in [1.29, 1.82) is 0 Å².